The summed E-state index contributed by atoms with van der Waals surface area (Å²) in [6.45, 7) is 2.26. The van der Waals surface area contributed by atoms with Gasteiger partial charge in [-0.15, -0.1) is 11.0 Å². The fourth-order valence-electron chi connectivity index (χ4n) is 2.01. The molecule has 0 amide bonds. The summed E-state index contributed by atoms with van der Waals surface area (Å²) in [7, 11) is 0. The molecular formula is C15H15N5O. The minimum Gasteiger partial charge on any atom is -0.508 e. The number of phenolic OH excluding ortho intramolecular Hbond substituents is 1. The number of aryl methyl sites for hydroxylation is 1. The Morgan fingerprint density at radius 3 is 2.76 bits per heavy atom. The number of nitriles is 1. The van der Waals surface area contributed by atoms with Crippen LogP contribution in [0.5, 0.6) is 5.75 Å². The van der Waals surface area contributed by atoms with E-state index >= 15 is 0 Å². The highest BCUT2D eigenvalue weighted by Crippen LogP contribution is 2.21. The Bertz CT molecular complexity index is 687. The van der Waals surface area contributed by atoms with Gasteiger partial charge >= 0.3 is 0 Å². The lowest BCUT2D eigenvalue weighted by molar-refractivity contribution is 0.475. The van der Waals surface area contributed by atoms with Crippen molar-refractivity contribution in [2.75, 3.05) is 0 Å². The van der Waals surface area contributed by atoms with Crippen LogP contribution in [-0.2, 0) is 13.0 Å². The molecule has 0 spiro atoms. The van der Waals surface area contributed by atoms with Crippen LogP contribution < -0.4 is 0 Å². The fourth-order valence-corrected chi connectivity index (χ4v) is 2.01. The summed E-state index contributed by atoms with van der Waals surface area (Å²) in [4.78, 5) is 0. The second kappa shape index (κ2) is 7.06. The van der Waals surface area contributed by atoms with Crippen LogP contribution in [0.25, 0.3) is 0 Å². The highest BCUT2D eigenvalue weighted by Gasteiger charge is 2.15. The van der Waals surface area contributed by atoms with Gasteiger partial charge < -0.3 is 5.11 Å². The highest BCUT2D eigenvalue weighted by atomic mass is 16.3. The summed E-state index contributed by atoms with van der Waals surface area (Å²) in [6.07, 6.45) is 0.922. The molecule has 1 atom stereocenters. The summed E-state index contributed by atoms with van der Waals surface area (Å²) in [5.41, 5.74) is 0.997. The van der Waals surface area contributed by atoms with E-state index in [0.717, 1.165) is 5.56 Å². The molecule has 1 heterocycles. The van der Waals surface area contributed by atoms with Gasteiger partial charge in [-0.05, 0) is 35.0 Å². The van der Waals surface area contributed by atoms with Crippen molar-refractivity contribution in [3.63, 3.8) is 0 Å². The second-order valence-corrected chi connectivity index (χ2v) is 4.47. The molecule has 1 aromatic carbocycles. The van der Waals surface area contributed by atoms with Crippen molar-refractivity contribution in [3.05, 3.63) is 35.7 Å². The SMILES string of the molecule is CC#C[C@@H](Cc1nnnn1CCC#N)c1ccc(O)cc1. The molecule has 0 saturated carbocycles. The van der Waals surface area contributed by atoms with Gasteiger partial charge in [-0.1, -0.05) is 18.1 Å². The maximum absolute atomic E-state index is 9.36. The van der Waals surface area contributed by atoms with E-state index in [9.17, 15) is 5.11 Å². The smallest absolute Gasteiger partial charge is 0.152 e. The van der Waals surface area contributed by atoms with E-state index in [1.165, 1.54) is 0 Å². The highest BCUT2D eigenvalue weighted by molar-refractivity contribution is 5.33. The van der Waals surface area contributed by atoms with Gasteiger partial charge in [-0.25, -0.2) is 4.68 Å². The van der Waals surface area contributed by atoms with Crippen molar-refractivity contribution in [2.24, 2.45) is 0 Å². The van der Waals surface area contributed by atoms with Gasteiger partial charge in [0.2, 0.25) is 0 Å². The van der Waals surface area contributed by atoms with E-state index in [4.69, 9.17) is 5.26 Å². The lowest BCUT2D eigenvalue weighted by atomic mass is 9.96. The molecule has 0 saturated heterocycles. The summed E-state index contributed by atoms with van der Waals surface area (Å²) < 4.78 is 1.63. The molecule has 2 rings (SSSR count). The number of tetrazole rings is 1. The van der Waals surface area contributed by atoms with Crippen LogP contribution in [-0.4, -0.2) is 25.3 Å². The van der Waals surface area contributed by atoms with Gasteiger partial charge in [-0.2, -0.15) is 5.26 Å². The molecule has 0 aliphatic carbocycles. The number of benzene rings is 1. The monoisotopic (exact) mass is 281 g/mol. The van der Waals surface area contributed by atoms with Crippen LogP contribution in [0, 0.1) is 23.2 Å². The van der Waals surface area contributed by atoms with Crippen molar-refractivity contribution >= 4 is 0 Å². The first-order valence-corrected chi connectivity index (χ1v) is 6.57. The quantitative estimate of drug-likeness (QED) is 0.842. The Morgan fingerprint density at radius 1 is 1.33 bits per heavy atom. The van der Waals surface area contributed by atoms with Crippen molar-refractivity contribution in [1.29, 1.82) is 5.26 Å². The van der Waals surface area contributed by atoms with Crippen LogP contribution in [0.1, 0.15) is 30.7 Å². The first-order chi connectivity index (χ1) is 10.2. The molecule has 6 nitrogen and oxygen atoms in total. The Balaban J connectivity index is 2.20. The zero-order valence-electron chi connectivity index (χ0n) is 11.7. The van der Waals surface area contributed by atoms with Crippen molar-refractivity contribution in [2.45, 2.75) is 32.2 Å². The zero-order valence-corrected chi connectivity index (χ0v) is 11.7. The third kappa shape index (κ3) is 3.80. The largest absolute Gasteiger partial charge is 0.508 e. The summed E-state index contributed by atoms with van der Waals surface area (Å²) in [5, 5.41) is 29.6. The minimum absolute atomic E-state index is 0.0533. The minimum atomic E-state index is -0.0533. The van der Waals surface area contributed by atoms with Crippen molar-refractivity contribution < 1.29 is 5.11 Å². The third-order valence-corrected chi connectivity index (χ3v) is 3.04. The lowest BCUT2D eigenvalue weighted by Gasteiger charge is -2.11. The third-order valence-electron chi connectivity index (χ3n) is 3.04. The van der Waals surface area contributed by atoms with Crippen LogP contribution in [0.15, 0.2) is 24.3 Å². The van der Waals surface area contributed by atoms with Gasteiger partial charge in [0.05, 0.1) is 25.0 Å². The lowest BCUT2D eigenvalue weighted by Crippen LogP contribution is -2.10. The summed E-state index contributed by atoms with van der Waals surface area (Å²) in [6, 6.07) is 9.03. The molecule has 0 fully saturated rings. The maximum Gasteiger partial charge on any atom is 0.152 e. The fraction of sp³-hybridized carbons (Fsp3) is 0.333. The van der Waals surface area contributed by atoms with E-state index in [2.05, 4.69) is 33.4 Å². The Labute approximate surface area is 123 Å². The molecule has 2 aromatic rings. The van der Waals surface area contributed by atoms with Crippen molar-refractivity contribution in [1.82, 2.24) is 20.2 Å². The second-order valence-electron chi connectivity index (χ2n) is 4.47. The maximum atomic E-state index is 9.36. The summed E-state index contributed by atoms with van der Waals surface area (Å²) >= 11 is 0. The van der Waals surface area contributed by atoms with Crippen LogP contribution in [0.3, 0.4) is 0 Å². The number of nitrogens with zero attached hydrogens (tertiary/aromatic N) is 5. The average molecular weight is 281 g/mol. The number of aromatic nitrogens is 4. The molecule has 1 N–H and O–H groups in total. The predicted octanol–water partition coefficient (Wildman–Crippen LogP) is 1.64. The standard InChI is InChI=1S/C15H15N5O/c1-2-4-13(12-5-7-14(21)8-6-12)11-15-17-18-19-20(15)10-3-9-16/h5-8,13,21H,3,10-11H2,1H3/t13-/m0/s1. The van der Waals surface area contributed by atoms with Crippen molar-refractivity contribution in [3.8, 4) is 23.7 Å². The predicted molar refractivity (Wildman–Crippen MR) is 76.0 cm³/mol. The molecule has 0 bridgehead atoms. The number of hydrogen-bond acceptors (Lipinski definition) is 5. The molecule has 0 aliphatic heterocycles. The number of rotatable bonds is 5. The van der Waals surface area contributed by atoms with E-state index in [-0.39, 0.29) is 11.7 Å². The normalized spacial score (nSPS) is 11.2. The first kappa shape index (κ1) is 14.5. The molecule has 1 aromatic heterocycles. The van der Waals surface area contributed by atoms with Gasteiger partial charge in [0.1, 0.15) is 5.75 Å². The molecular weight excluding hydrogens is 266 g/mol. The molecule has 0 unspecified atom stereocenters. The van der Waals surface area contributed by atoms with Gasteiger partial charge in [-0.3, -0.25) is 0 Å². The molecule has 6 heteroatoms. The van der Waals surface area contributed by atoms with Crippen LogP contribution in [0.4, 0.5) is 0 Å². The number of aromatic hydroxyl groups is 1. The molecule has 21 heavy (non-hydrogen) atoms. The van der Waals surface area contributed by atoms with Gasteiger partial charge in [0, 0.05) is 6.42 Å². The molecule has 106 valence electrons. The van der Waals surface area contributed by atoms with E-state index in [1.807, 2.05) is 12.1 Å². The topological polar surface area (TPSA) is 87.6 Å². The number of phenols is 1. The number of hydrogen-bond donors (Lipinski definition) is 1. The Kier molecular flexibility index (Phi) is 4.89. The average Bonchev–Trinajstić information content (AvgIpc) is 2.93. The Hall–Kier alpha value is -2.86. The van der Waals surface area contributed by atoms with Gasteiger partial charge in [0.25, 0.3) is 0 Å². The molecule has 0 aliphatic rings. The zero-order chi connectivity index (χ0) is 15.1. The van der Waals surface area contributed by atoms with Crippen LogP contribution in [0.2, 0.25) is 0 Å². The molecule has 0 radical (unpaired) electrons. The van der Waals surface area contributed by atoms with Gasteiger partial charge in [0.15, 0.2) is 5.82 Å². The van der Waals surface area contributed by atoms with E-state index in [0.29, 0.717) is 25.2 Å². The van der Waals surface area contributed by atoms with Crippen LogP contribution >= 0.6 is 0 Å². The van der Waals surface area contributed by atoms with E-state index in [1.54, 1.807) is 23.7 Å². The Morgan fingerprint density at radius 2 is 2.10 bits per heavy atom. The first-order valence-electron chi connectivity index (χ1n) is 6.57. The van der Waals surface area contributed by atoms with E-state index < -0.39 is 0 Å². The summed E-state index contributed by atoms with van der Waals surface area (Å²) in [5.74, 6) is 6.92.